The van der Waals surface area contributed by atoms with Crippen LogP contribution in [0, 0.1) is 5.92 Å². The van der Waals surface area contributed by atoms with Gasteiger partial charge in [0.05, 0.1) is 5.92 Å². The molecule has 106 valence electrons. The Morgan fingerprint density at radius 3 is 2.47 bits per heavy atom. The summed E-state index contributed by atoms with van der Waals surface area (Å²) < 4.78 is 38.3. The molecular formula is C14H18F3NO. The standard InChI is InChI=1S/C14H18F3NO/c1-10(11-4-6-13(19)7-5-11)18-8-2-3-12(9-18)14(15,16)17/h4-7,10,12,19H,2-3,8-9H2,1H3. The van der Waals surface area contributed by atoms with E-state index in [1.165, 1.54) is 0 Å². The maximum absolute atomic E-state index is 12.8. The van der Waals surface area contributed by atoms with E-state index in [1.54, 1.807) is 24.3 Å². The average Bonchev–Trinajstić information content (AvgIpc) is 2.38. The molecule has 5 heteroatoms. The molecule has 1 aromatic carbocycles. The number of hydrogen-bond acceptors (Lipinski definition) is 2. The third-order valence-electron chi connectivity index (χ3n) is 3.84. The van der Waals surface area contributed by atoms with Crippen LogP contribution in [0.3, 0.4) is 0 Å². The highest BCUT2D eigenvalue weighted by molar-refractivity contribution is 5.27. The van der Waals surface area contributed by atoms with Crippen LogP contribution in [0.25, 0.3) is 0 Å². The van der Waals surface area contributed by atoms with E-state index >= 15 is 0 Å². The van der Waals surface area contributed by atoms with Crippen LogP contribution in [0.4, 0.5) is 13.2 Å². The van der Waals surface area contributed by atoms with Gasteiger partial charge in [-0.05, 0) is 44.0 Å². The highest BCUT2D eigenvalue weighted by atomic mass is 19.4. The van der Waals surface area contributed by atoms with E-state index in [1.807, 2.05) is 11.8 Å². The van der Waals surface area contributed by atoms with Crippen molar-refractivity contribution in [2.75, 3.05) is 13.1 Å². The molecule has 0 spiro atoms. The largest absolute Gasteiger partial charge is 0.508 e. The fourth-order valence-electron chi connectivity index (χ4n) is 2.59. The van der Waals surface area contributed by atoms with Crippen LogP contribution < -0.4 is 0 Å². The smallest absolute Gasteiger partial charge is 0.393 e. The molecule has 2 unspecified atom stereocenters. The van der Waals surface area contributed by atoms with Crippen molar-refractivity contribution in [3.63, 3.8) is 0 Å². The van der Waals surface area contributed by atoms with Gasteiger partial charge in [0.15, 0.2) is 0 Å². The molecule has 2 rings (SSSR count). The van der Waals surface area contributed by atoms with Gasteiger partial charge in [0.1, 0.15) is 5.75 Å². The molecule has 0 bridgehead atoms. The van der Waals surface area contributed by atoms with Crippen molar-refractivity contribution in [1.82, 2.24) is 4.90 Å². The predicted molar refractivity (Wildman–Crippen MR) is 66.9 cm³/mol. The third-order valence-corrected chi connectivity index (χ3v) is 3.84. The van der Waals surface area contributed by atoms with Gasteiger partial charge in [-0.15, -0.1) is 0 Å². The predicted octanol–water partition coefficient (Wildman–Crippen LogP) is 3.73. The van der Waals surface area contributed by atoms with Crippen molar-refractivity contribution in [1.29, 1.82) is 0 Å². The van der Waals surface area contributed by atoms with Crippen LogP contribution in [0.5, 0.6) is 5.75 Å². The first-order valence-electron chi connectivity index (χ1n) is 6.47. The molecule has 1 saturated heterocycles. The number of halogens is 3. The van der Waals surface area contributed by atoms with Crippen molar-refractivity contribution in [2.45, 2.75) is 32.0 Å². The maximum atomic E-state index is 12.8. The lowest BCUT2D eigenvalue weighted by atomic mass is 9.95. The van der Waals surface area contributed by atoms with Gasteiger partial charge in [-0.2, -0.15) is 13.2 Å². The molecule has 1 N–H and O–H groups in total. The number of likely N-dealkylation sites (tertiary alicyclic amines) is 1. The summed E-state index contributed by atoms with van der Waals surface area (Å²) in [7, 11) is 0. The summed E-state index contributed by atoms with van der Waals surface area (Å²) in [6, 6.07) is 6.59. The van der Waals surface area contributed by atoms with Crippen molar-refractivity contribution < 1.29 is 18.3 Å². The van der Waals surface area contributed by atoms with Gasteiger partial charge in [-0.3, -0.25) is 4.90 Å². The topological polar surface area (TPSA) is 23.5 Å². The number of phenols is 1. The molecular weight excluding hydrogens is 255 g/mol. The maximum Gasteiger partial charge on any atom is 0.393 e. The number of phenolic OH excluding ortho intramolecular Hbond substituents is 1. The second-order valence-electron chi connectivity index (χ2n) is 5.14. The number of rotatable bonds is 2. The molecule has 2 nitrogen and oxygen atoms in total. The summed E-state index contributed by atoms with van der Waals surface area (Å²) >= 11 is 0. The van der Waals surface area contributed by atoms with Crippen molar-refractivity contribution in [3.8, 4) is 5.75 Å². The Bertz CT molecular complexity index is 416. The fourth-order valence-corrected chi connectivity index (χ4v) is 2.59. The molecule has 19 heavy (non-hydrogen) atoms. The summed E-state index contributed by atoms with van der Waals surface area (Å²) in [5.41, 5.74) is 0.931. The first-order valence-corrected chi connectivity index (χ1v) is 6.47. The number of benzene rings is 1. The Balaban J connectivity index is 2.06. The molecule has 1 aliphatic rings. The van der Waals surface area contributed by atoms with Gasteiger partial charge in [-0.25, -0.2) is 0 Å². The molecule has 1 aromatic rings. The van der Waals surface area contributed by atoms with Crippen LogP contribution in [0.2, 0.25) is 0 Å². The highest BCUT2D eigenvalue weighted by Crippen LogP contribution is 2.36. The number of nitrogens with zero attached hydrogens (tertiary/aromatic N) is 1. The zero-order valence-electron chi connectivity index (χ0n) is 10.8. The van der Waals surface area contributed by atoms with Gasteiger partial charge in [0.2, 0.25) is 0 Å². The molecule has 0 saturated carbocycles. The van der Waals surface area contributed by atoms with Crippen LogP contribution in [0.15, 0.2) is 24.3 Å². The van der Waals surface area contributed by atoms with E-state index in [2.05, 4.69) is 0 Å². The Hall–Kier alpha value is -1.23. The molecule has 1 heterocycles. The SMILES string of the molecule is CC(c1ccc(O)cc1)N1CCCC(C(F)(F)F)C1. The molecule has 0 aromatic heterocycles. The summed E-state index contributed by atoms with van der Waals surface area (Å²) in [6.45, 7) is 2.66. The number of hydrogen-bond donors (Lipinski definition) is 1. The zero-order chi connectivity index (χ0) is 14.0. The Morgan fingerprint density at radius 2 is 1.89 bits per heavy atom. The number of aromatic hydroxyl groups is 1. The zero-order valence-corrected chi connectivity index (χ0v) is 10.8. The van der Waals surface area contributed by atoms with Crippen LogP contribution in [-0.4, -0.2) is 29.3 Å². The Labute approximate surface area is 110 Å². The van der Waals surface area contributed by atoms with Gasteiger partial charge in [-0.1, -0.05) is 12.1 Å². The first-order chi connectivity index (χ1) is 8.88. The Kier molecular flexibility index (Phi) is 4.04. The van der Waals surface area contributed by atoms with Crippen LogP contribution >= 0.6 is 0 Å². The quantitative estimate of drug-likeness (QED) is 0.887. The summed E-state index contributed by atoms with van der Waals surface area (Å²) in [6.07, 6.45) is -3.30. The minimum Gasteiger partial charge on any atom is -0.508 e. The summed E-state index contributed by atoms with van der Waals surface area (Å²) in [5.74, 6) is -1.05. The molecule has 1 fully saturated rings. The van der Waals surface area contributed by atoms with E-state index in [9.17, 15) is 18.3 Å². The van der Waals surface area contributed by atoms with Gasteiger partial charge in [0, 0.05) is 12.6 Å². The van der Waals surface area contributed by atoms with Crippen molar-refractivity contribution >= 4 is 0 Å². The summed E-state index contributed by atoms with van der Waals surface area (Å²) in [4.78, 5) is 1.87. The van der Waals surface area contributed by atoms with Crippen LogP contribution in [0.1, 0.15) is 31.4 Å². The average molecular weight is 273 g/mol. The molecule has 1 aliphatic heterocycles. The van der Waals surface area contributed by atoms with Gasteiger partial charge < -0.3 is 5.11 Å². The van der Waals surface area contributed by atoms with E-state index in [-0.39, 0.29) is 24.8 Å². The van der Waals surface area contributed by atoms with E-state index < -0.39 is 12.1 Å². The van der Waals surface area contributed by atoms with Gasteiger partial charge in [0.25, 0.3) is 0 Å². The first kappa shape index (κ1) is 14.2. The van der Waals surface area contributed by atoms with E-state index in [0.717, 1.165) is 5.56 Å². The molecule has 2 atom stereocenters. The number of alkyl halides is 3. The van der Waals surface area contributed by atoms with Crippen molar-refractivity contribution in [3.05, 3.63) is 29.8 Å². The summed E-state index contributed by atoms with van der Waals surface area (Å²) in [5, 5.41) is 9.24. The second-order valence-corrected chi connectivity index (χ2v) is 5.14. The Morgan fingerprint density at radius 1 is 1.26 bits per heavy atom. The molecule has 0 aliphatic carbocycles. The van der Waals surface area contributed by atoms with Gasteiger partial charge >= 0.3 is 6.18 Å². The lowest BCUT2D eigenvalue weighted by Gasteiger charge is -2.37. The monoisotopic (exact) mass is 273 g/mol. The minimum absolute atomic E-state index is 0.0611. The van der Waals surface area contributed by atoms with E-state index in [0.29, 0.717) is 13.0 Å². The lowest BCUT2D eigenvalue weighted by molar-refractivity contribution is -0.188. The normalized spacial score (nSPS) is 23.3. The minimum atomic E-state index is -4.10. The molecule has 0 radical (unpaired) electrons. The third kappa shape index (κ3) is 3.41. The van der Waals surface area contributed by atoms with E-state index in [4.69, 9.17) is 0 Å². The van der Waals surface area contributed by atoms with Crippen molar-refractivity contribution in [2.24, 2.45) is 5.92 Å². The highest BCUT2D eigenvalue weighted by Gasteiger charge is 2.42. The van der Waals surface area contributed by atoms with Crippen LogP contribution in [-0.2, 0) is 0 Å². The lowest BCUT2D eigenvalue weighted by Crippen LogP contribution is -2.42. The second kappa shape index (κ2) is 5.41. The molecule has 0 amide bonds. The number of piperidine rings is 1. The fraction of sp³-hybridized carbons (Fsp3) is 0.571.